The van der Waals surface area contributed by atoms with Gasteiger partial charge in [-0.2, -0.15) is 0 Å². The second-order valence-corrected chi connectivity index (χ2v) is 5.86. The van der Waals surface area contributed by atoms with Gasteiger partial charge in [0.15, 0.2) is 0 Å². The number of methoxy groups -OCH3 is 2. The van der Waals surface area contributed by atoms with Crippen LogP contribution >= 0.6 is 0 Å². The number of carbonyl (C=O) groups is 2. The lowest BCUT2D eigenvalue weighted by atomic mass is 9.75. The highest BCUT2D eigenvalue weighted by atomic mass is 16.5. The molecule has 0 aliphatic heterocycles. The summed E-state index contributed by atoms with van der Waals surface area (Å²) in [6.07, 6.45) is 0.237. The van der Waals surface area contributed by atoms with Gasteiger partial charge in [-0.1, -0.05) is 24.3 Å². The molecule has 132 valence electrons. The van der Waals surface area contributed by atoms with E-state index in [0.717, 1.165) is 11.1 Å². The number of carbonyl (C=O) groups excluding carboxylic acids is 2. The van der Waals surface area contributed by atoms with Crippen molar-refractivity contribution in [1.82, 2.24) is 0 Å². The van der Waals surface area contributed by atoms with Crippen molar-refractivity contribution in [2.45, 2.75) is 12.8 Å². The molecule has 0 atom stereocenters. The zero-order chi connectivity index (χ0) is 18.4. The van der Waals surface area contributed by atoms with Gasteiger partial charge in [0.05, 0.1) is 14.2 Å². The maximum Gasteiger partial charge on any atom is 0.233 e. The fraction of sp³-hybridized carbons (Fsp3) is 0.263. The van der Waals surface area contributed by atoms with Crippen molar-refractivity contribution in [3.05, 3.63) is 59.7 Å². The molecule has 0 saturated heterocycles. The van der Waals surface area contributed by atoms with Gasteiger partial charge in [-0.15, -0.1) is 0 Å². The normalized spacial score (nSPS) is 11.0. The molecular weight excluding hydrogens is 320 g/mol. The predicted molar refractivity (Wildman–Crippen MR) is 94.2 cm³/mol. The van der Waals surface area contributed by atoms with E-state index in [4.69, 9.17) is 20.9 Å². The number of nitrogens with two attached hydrogens (primary N) is 2. The maximum absolute atomic E-state index is 12.2. The Morgan fingerprint density at radius 2 is 1.08 bits per heavy atom. The second-order valence-electron chi connectivity index (χ2n) is 5.86. The minimum Gasteiger partial charge on any atom is -0.497 e. The lowest BCUT2D eigenvalue weighted by molar-refractivity contribution is -0.139. The van der Waals surface area contributed by atoms with Gasteiger partial charge in [0, 0.05) is 0 Å². The topological polar surface area (TPSA) is 105 Å². The molecule has 0 bridgehead atoms. The molecule has 0 fully saturated rings. The molecule has 0 aliphatic rings. The van der Waals surface area contributed by atoms with Crippen LogP contribution in [0.25, 0.3) is 0 Å². The first kappa shape index (κ1) is 18.3. The van der Waals surface area contributed by atoms with E-state index in [1.807, 2.05) is 0 Å². The Labute approximate surface area is 146 Å². The van der Waals surface area contributed by atoms with E-state index >= 15 is 0 Å². The van der Waals surface area contributed by atoms with Crippen LogP contribution in [0.3, 0.4) is 0 Å². The van der Waals surface area contributed by atoms with Crippen LogP contribution in [0.5, 0.6) is 11.5 Å². The summed E-state index contributed by atoms with van der Waals surface area (Å²) in [5, 5.41) is 0. The molecule has 4 N–H and O–H groups in total. The van der Waals surface area contributed by atoms with E-state index < -0.39 is 17.2 Å². The van der Waals surface area contributed by atoms with Crippen LogP contribution in [-0.4, -0.2) is 26.0 Å². The van der Waals surface area contributed by atoms with Crippen LogP contribution in [0.4, 0.5) is 0 Å². The SMILES string of the molecule is COc1ccc(CC(Cc2ccc(OC)cc2)(C(N)=O)C(N)=O)cc1. The molecule has 2 rings (SSSR count). The molecule has 0 heterocycles. The third-order valence-corrected chi connectivity index (χ3v) is 4.27. The van der Waals surface area contributed by atoms with Crippen LogP contribution < -0.4 is 20.9 Å². The summed E-state index contributed by atoms with van der Waals surface area (Å²) in [4.78, 5) is 24.4. The van der Waals surface area contributed by atoms with Crippen molar-refractivity contribution in [2.24, 2.45) is 16.9 Å². The third kappa shape index (κ3) is 4.09. The van der Waals surface area contributed by atoms with Gasteiger partial charge < -0.3 is 20.9 Å². The molecule has 25 heavy (non-hydrogen) atoms. The largest absolute Gasteiger partial charge is 0.497 e. The number of hydrogen-bond acceptors (Lipinski definition) is 4. The summed E-state index contributed by atoms with van der Waals surface area (Å²) in [5.41, 5.74) is 11.2. The molecule has 0 aromatic heterocycles. The van der Waals surface area contributed by atoms with Gasteiger partial charge in [0.2, 0.25) is 11.8 Å². The average Bonchev–Trinajstić information content (AvgIpc) is 2.62. The number of benzene rings is 2. The quantitative estimate of drug-likeness (QED) is 0.708. The summed E-state index contributed by atoms with van der Waals surface area (Å²) < 4.78 is 10.2. The smallest absolute Gasteiger partial charge is 0.233 e. The van der Waals surface area contributed by atoms with E-state index in [1.165, 1.54) is 0 Å². The van der Waals surface area contributed by atoms with E-state index in [0.29, 0.717) is 11.5 Å². The van der Waals surface area contributed by atoms with Crippen molar-refractivity contribution in [3.8, 4) is 11.5 Å². The first-order valence-electron chi connectivity index (χ1n) is 7.77. The lowest BCUT2D eigenvalue weighted by Gasteiger charge is -2.27. The summed E-state index contributed by atoms with van der Waals surface area (Å²) >= 11 is 0. The van der Waals surface area contributed by atoms with E-state index in [2.05, 4.69) is 0 Å². The Balaban J connectivity index is 2.34. The Morgan fingerprint density at radius 1 is 0.760 bits per heavy atom. The Kier molecular flexibility index (Phi) is 5.64. The van der Waals surface area contributed by atoms with Gasteiger partial charge >= 0.3 is 0 Å². The highest BCUT2D eigenvalue weighted by Gasteiger charge is 2.43. The van der Waals surface area contributed by atoms with Crippen LogP contribution in [0.1, 0.15) is 11.1 Å². The van der Waals surface area contributed by atoms with Crippen molar-refractivity contribution >= 4 is 11.8 Å². The fourth-order valence-corrected chi connectivity index (χ4v) is 2.72. The van der Waals surface area contributed by atoms with Crippen molar-refractivity contribution in [1.29, 1.82) is 0 Å². The molecule has 6 heteroatoms. The first-order chi connectivity index (χ1) is 11.9. The monoisotopic (exact) mass is 342 g/mol. The van der Waals surface area contributed by atoms with Gasteiger partial charge in [0.25, 0.3) is 0 Å². The molecule has 0 radical (unpaired) electrons. The summed E-state index contributed by atoms with van der Waals surface area (Å²) in [5.74, 6) is -0.122. The lowest BCUT2D eigenvalue weighted by Crippen LogP contribution is -2.50. The minimum atomic E-state index is -1.51. The van der Waals surface area contributed by atoms with E-state index in [1.54, 1.807) is 62.8 Å². The van der Waals surface area contributed by atoms with Gasteiger partial charge in [-0.25, -0.2) is 0 Å². The zero-order valence-electron chi connectivity index (χ0n) is 14.3. The molecule has 6 nitrogen and oxygen atoms in total. The molecule has 2 aromatic rings. The van der Waals surface area contributed by atoms with Crippen LogP contribution in [0.15, 0.2) is 48.5 Å². The highest BCUT2D eigenvalue weighted by Crippen LogP contribution is 2.29. The fourth-order valence-electron chi connectivity index (χ4n) is 2.72. The third-order valence-electron chi connectivity index (χ3n) is 4.27. The molecule has 0 unspecified atom stereocenters. The number of primary amides is 2. The van der Waals surface area contributed by atoms with Crippen molar-refractivity contribution < 1.29 is 19.1 Å². The van der Waals surface area contributed by atoms with Crippen LogP contribution in [0.2, 0.25) is 0 Å². The van der Waals surface area contributed by atoms with Gasteiger partial charge in [-0.05, 0) is 48.2 Å². The van der Waals surface area contributed by atoms with Crippen molar-refractivity contribution in [3.63, 3.8) is 0 Å². The van der Waals surface area contributed by atoms with E-state index in [-0.39, 0.29) is 12.8 Å². The van der Waals surface area contributed by atoms with Crippen LogP contribution in [-0.2, 0) is 22.4 Å². The number of rotatable bonds is 8. The Morgan fingerprint density at radius 3 is 1.32 bits per heavy atom. The number of hydrogen-bond donors (Lipinski definition) is 2. The minimum absolute atomic E-state index is 0.119. The summed E-state index contributed by atoms with van der Waals surface area (Å²) in [6.45, 7) is 0. The maximum atomic E-state index is 12.2. The predicted octanol–water partition coefficient (Wildman–Crippen LogP) is 1.45. The van der Waals surface area contributed by atoms with Gasteiger partial charge in [0.1, 0.15) is 16.9 Å². The molecule has 0 saturated carbocycles. The molecule has 2 amide bonds. The molecule has 0 aliphatic carbocycles. The number of ether oxygens (including phenoxy) is 2. The first-order valence-corrected chi connectivity index (χ1v) is 7.77. The second kappa shape index (κ2) is 7.70. The standard InChI is InChI=1S/C19H22N2O4/c1-24-15-7-3-13(4-8-15)11-19(17(20)22,18(21)23)12-14-5-9-16(25-2)10-6-14/h3-10H,11-12H2,1-2H3,(H2,20,22)(H2,21,23). The van der Waals surface area contributed by atoms with E-state index in [9.17, 15) is 9.59 Å². The highest BCUT2D eigenvalue weighted by molar-refractivity contribution is 6.04. The number of amides is 2. The van der Waals surface area contributed by atoms with Gasteiger partial charge in [-0.3, -0.25) is 9.59 Å². The zero-order valence-corrected chi connectivity index (χ0v) is 14.3. The molecule has 0 spiro atoms. The van der Waals surface area contributed by atoms with Crippen LogP contribution in [0, 0.1) is 5.41 Å². The Hall–Kier alpha value is -3.02. The molecular formula is C19H22N2O4. The molecule has 2 aromatic carbocycles. The summed E-state index contributed by atoms with van der Waals surface area (Å²) in [6, 6.07) is 14.2. The average molecular weight is 342 g/mol. The Bertz CT molecular complexity index is 674. The van der Waals surface area contributed by atoms with Crippen molar-refractivity contribution in [2.75, 3.05) is 14.2 Å². The summed E-state index contributed by atoms with van der Waals surface area (Å²) in [7, 11) is 3.13.